The van der Waals surface area contributed by atoms with Crippen LogP contribution in [0.5, 0.6) is 0 Å². The standard InChI is InChI=1S/C25H37BO6/c1-17-12-13-22(23(20(17)14-27)26-31-24(3,4)25(5,6)32-26)30-16-21(28)18(2)29-15-19-10-8-7-9-11-19/h7-14,17-18,20-23,28H,15-16H2,1-6H3. The van der Waals surface area contributed by atoms with Crippen molar-refractivity contribution in [3.63, 3.8) is 0 Å². The number of allylic oxidation sites excluding steroid dienone is 1. The maximum atomic E-state index is 12.0. The maximum absolute atomic E-state index is 12.0. The molecule has 0 aromatic heterocycles. The van der Waals surface area contributed by atoms with Gasteiger partial charge in [0.2, 0.25) is 0 Å². The number of hydrogen-bond donors (Lipinski definition) is 1. The summed E-state index contributed by atoms with van der Waals surface area (Å²) < 4.78 is 24.5. The van der Waals surface area contributed by atoms with E-state index < -0.39 is 36.6 Å². The maximum Gasteiger partial charge on any atom is 0.464 e. The summed E-state index contributed by atoms with van der Waals surface area (Å²) in [6, 6.07) is 9.84. The Hall–Kier alpha value is -1.51. The van der Waals surface area contributed by atoms with Crippen molar-refractivity contribution in [2.24, 2.45) is 11.8 Å². The molecular weight excluding hydrogens is 407 g/mol. The second-order valence-corrected chi connectivity index (χ2v) is 10.0. The lowest BCUT2D eigenvalue weighted by molar-refractivity contribution is -0.115. The summed E-state index contributed by atoms with van der Waals surface area (Å²) in [4.78, 5) is 12.0. The van der Waals surface area contributed by atoms with Crippen LogP contribution in [0.2, 0.25) is 5.82 Å². The van der Waals surface area contributed by atoms with E-state index in [1.165, 1.54) is 0 Å². The molecule has 0 bridgehead atoms. The first kappa shape index (κ1) is 25.1. The van der Waals surface area contributed by atoms with E-state index >= 15 is 0 Å². The molecule has 0 spiro atoms. The molecule has 1 aliphatic heterocycles. The Balaban J connectivity index is 1.64. The number of rotatable bonds is 9. The van der Waals surface area contributed by atoms with Crippen LogP contribution >= 0.6 is 0 Å². The van der Waals surface area contributed by atoms with Gasteiger partial charge in [-0.15, -0.1) is 0 Å². The van der Waals surface area contributed by atoms with E-state index in [4.69, 9.17) is 18.8 Å². The van der Waals surface area contributed by atoms with Gasteiger partial charge in [-0.25, -0.2) is 0 Å². The lowest BCUT2D eigenvalue weighted by Crippen LogP contribution is -2.44. The third-order valence-corrected chi connectivity index (χ3v) is 7.14. The van der Waals surface area contributed by atoms with E-state index in [0.717, 1.165) is 11.8 Å². The van der Waals surface area contributed by atoms with Gasteiger partial charge in [-0.3, -0.25) is 0 Å². The highest BCUT2D eigenvalue weighted by atomic mass is 16.7. The van der Waals surface area contributed by atoms with E-state index in [9.17, 15) is 9.90 Å². The van der Waals surface area contributed by atoms with Crippen LogP contribution in [0.4, 0.5) is 0 Å². The molecule has 1 fully saturated rings. The van der Waals surface area contributed by atoms with Crippen molar-refractivity contribution < 1.29 is 28.7 Å². The fourth-order valence-electron chi connectivity index (χ4n) is 4.13. The molecule has 0 radical (unpaired) electrons. The topological polar surface area (TPSA) is 74.2 Å². The summed E-state index contributed by atoms with van der Waals surface area (Å²) in [6.45, 7) is 12.3. The zero-order chi connectivity index (χ0) is 23.5. The van der Waals surface area contributed by atoms with E-state index in [1.54, 1.807) is 0 Å². The van der Waals surface area contributed by atoms with Gasteiger partial charge in [0, 0.05) is 11.7 Å². The molecule has 1 heterocycles. The third kappa shape index (κ3) is 5.52. The van der Waals surface area contributed by atoms with Crippen molar-refractivity contribution in [3.05, 3.63) is 48.0 Å². The highest BCUT2D eigenvalue weighted by Gasteiger charge is 2.57. The van der Waals surface area contributed by atoms with Gasteiger partial charge in [-0.2, -0.15) is 0 Å². The molecule has 0 amide bonds. The van der Waals surface area contributed by atoms with Gasteiger partial charge in [-0.1, -0.05) is 49.4 Å². The van der Waals surface area contributed by atoms with Crippen LogP contribution in [0.15, 0.2) is 42.5 Å². The Morgan fingerprint density at radius 1 is 1.12 bits per heavy atom. The molecule has 32 heavy (non-hydrogen) atoms. The second-order valence-electron chi connectivity index (χ2n) is 10.0. The number of ether oxygens (including phenoxy) is 2. The van der Waals surface area contributed by atoms with Crippen molar-refractivity contribution in [2.75, 3.05) is 6.61 Å². The molecule has 1 aromatic carbocycles. The Kier molecular flexibility index (Phi) is 8.00. The largest absolute Gasteiger partial charge is 0.464 e. The molecule has 0 saturated carbocycles. The molecule has 1 N–H and O–H groups in total. The second kappa shape index (κ2) is 10.2. The summed E-state index contributed by atoms with van der Waals surface area (Å²) in [5.41, 5.74) is 0.0462. The lowest BCUT2D eigenvalue weighted by atomic mass is 9.57. The zero-order valence-corrected chi connectivity index (χ0v) is 20.1. The first-order valence-corrected chi connectivity index (χ1v) is 11.5. The van der Waals surface area contributed by atoms with Crippen LogP contribution in [0, 0.1) is 11.8 Å². The molecule has 7 heteroatoms. The Labute approximate surface area is 192 Å². The third-order valence-electron chi connectivity index (χ3n) is 7.14. The van der Waals surface area contributed by atoms with Gasteiger partial charge >= 0.3 is 7.12 Å². The Morgan fingerprint density at radius 2 is 1.75 bits per heavy atom. The van der Waals surface area contributed by atoms with Crippen molar-refractivity contribution in [1.29, 1.82) is 0 Å². The molecule has 1 aromatic rings. The Bertz CT molecular complexity index is 764. The molecule has 6 unspecified atom stereocenters. The SMILES string of the molecule is CC1C=CC(OCC(O)C(C)OCc2ccccc2)C(B2OC(C)(C)C(C)(C)O2)C1C=O. The van der Waals surface area contributed by atoms with Crippen LogP contribution in [0.25, 0.3) is 0 Å². The summed E-state index contributed by atoms with van der Waals surface area (Å²) >= 11 is 0. The molecular formula is C25H37BO6. The molecule has 1 aliphatic carbocycles. The first-order chi connectivity index (χ1) is 15.1. The van der Waals surface area contributed by atoms with Gasteiger partial charge in [0.1, 0.15) is 12.4 Å². The molecule has 6 nitrogen and oxygen atoms in total. The fourth-order valence-corrected chi connectivity index (χ4v) is 4.13. The van der Waals surface area contributed by atoms with Gasteiger partial charge in [0.25, 0.3) is 0 Å². The summed E-state index contributed by atoms with van der Waals surface area (Å²) in [5.74, 6) is -0.556. The quantitative estimate of drug-likeness (QED) is 0.355. The smallest absolute Gasteiger partial charge is 0.403 e. The van der Waals surface area contributed by atoms with E-state index in [0.29, 0.717) is 6.61 Å². The van der Waals surface area contributed by atoms with Crippen molar-refractivity contribution in [2.45, 2.75) is 83.5 Å². The van der Waals surface area contributed by atoms with Crippen LogP contribution in [-0.2, 0) is 30.2 Å². The number of carbonyl (C=O) groups is 1. The average Bonchev–Trinajstić information content (AvgIpc) is 2.97. The van der Waals surface area contributed by atoms with Crippen molar-refractivity contribution in [1.82, 2.24) is 0 Å². The number of aliphatic hydroxyl groups excluding tert-OH is 1. The first-order valence-electron chi connectivity index (χ1n) is 11.5. The van der Waals surface area contributed by atoms with E-state index in [1.807, 2.05) is 84.0 Å². The number of benzene rings is 1. The predicted molar refractivity (Wildman–Crippen MR) is 124 cm³/mol. The summed E-state index contributed by atoms with van der Waals surface area (Å²) in [6.07, 6.45) is 3.31. The van der Waals surface area contributed by atoms with Crippen LogP contribution in [-0.4, -0.2) is 54.6 Å². The normalized spacial score (nSPS) is 30.8. The Morgan fingerprint density at radius 3 is 2.34 bits per heavy atom. The molecule has 1 saturated heterocycles. The predicted octanol–water partition coefficient (Wildman–Crippen LogP) is 3.82. The van der Waals surface area contributed by atoms with Gasteiger partial charge in [0.05, 0.1) is 36.6 Å². The molecule has 2 aliphatic rings. The fraction of sp³-hybridized carbons (Fsp3) is 0.640. The average molecular weight is 444 g/mol. The summed E-state index contributed by atoms with van der Waals surface area (Å²) in [7, 11) is -0.573. The van der Waals surface area contributed by atoms with Crippen LogP contribution in [0.1, 0.15) is 47.1 Å². The minimum absolute atomic E-state index is 0.0504. The number of carbonyl (C=O) groups excluding carboxylic acids is 1. The zero-order valence-electron chi connectivity index (χ0n) is 20.1. The van der Waals surface area contributed by atoms with Gasteiger partial charge in [-0.05, 0) is 46.1 Å². The van der Waals surface area contributed by atoms with Crippen molar-refractivity contribution in [3.8, 4) is 0 Å². The highest BCUT2D eigenvalue weighted by Crippen LogP contribution is 2.46. The van der Waals surface area contributed by atoms with E-state index in [2.05, 4.69) is 0 Å². The minimum Gasteiger partial charge on any atom is -0.403 e. The molecule has 176 valence electrons. The minimum atomic E-state index is -0.805. The van der Waals surface area contributed by atoms with Crippen LogP contribution < -0.4 is 0 Å². The number of hydrogen-bond acceptors (Lipinski definition) is 6. The monoisotopic (exact) mass is 444 g/mol. The molecule has 3 rings (SSSR count). The summed E-state index contributed by atoms with van der Waals surface area (Å²) in [5, 5.41) is 10.6. The lowest BCUT2D eigenvalue weighted by Gasteiger charge is -2.37. The number of aldehydes is 1. The van der Waals surface area contributed by atoms with Crippen LogP contribution in [0.3, 0.4) is 0 Å². The highest BCUT2D eigenvalue weighted by molar-refractivity contribution is 6.48. The molecule has 6 atom stereocenters. The van der Waals surface area contributed by atoms with E-state index in [-0.39, 0.29) is 24.3 Å². The van der Waals surface area contributed by atoms with Gasteiger partial charge in [0.15, 0.2) is 0 Å². The van der Waals surface area contributed by atoms with Gasteiger partial charge < -0.3 is 28.7 Å². The van der Waals surface area contributed by atoms with Crippen molar-refractivity contribution >= 4 is 13.4 Å². The number of aliphatic hydroxyl groups is 1.